The Morgan fingerprint density at radius 1 is 1.43 bits per heavy atom. The van der Waals surface area contributed by atoms with Crippen molar-refractivity contribution in [3.63, 3.8) is 0 Å². The van der Waals surface area contributed by atoms with Gasteiger partial charge in [0.15, 0.2) is 0 Å². The lowest BCUT2D eigenvalue weighted by atomic mass is 9.74. The molecule has 1 fully saturated rings. The van der Waals surface area contributed by atoms with E-state index < -0.39 is 5.60 Å². The molecule has 0 aromatic carbocycles. The van der Waals surface area contributed by atoms with E-state index in [0.717, 1.165) is 19.3 Å². The summed E-state index contributed by atoms with van der Waals surface area (Å²) in [6, 6.07) is 0. The number of ether oxygens (including phenoxy) is 1. The van der Waals surface area contributed by atoms with Crippen molar-refractivity contribution in [2.45, 2.75) is 58.7 Å². The lowest BCUT2D eigenvalue weighted by Gasteiger charge is -2.42. The van der Waals surface area contributed by atoms with Crippen LogP contribution in [-0.4, -0.2) is 23.4 Å². The number of hydrogen-bond donors (Lipinski definition) is 1. The summed E-state index contributed by atoms with van der Waals surface area (Å²) in [7, 11) is 0. The van der Waals surface area contributed by atoms with Crippen molar-refractivity contribution in [3.05, 3.63) is 0 Å². The van der Waals surface area contributed by atoms with E-state index in [2.05, 4.69) is 27.7 Å². The van der Waals surface area contributed by atoms with Gasteiger partial charge in [-0.2, -0.15) is 0 Å². The van der Waals surface area contributed by atoms with Crippen LogP contribution in [0.5, 0.6) is 0 Å². The molecule has 0 aromatic heterocycles. The maximum atomic E-state index is 10.5. The monoisotopic (exact) mass is 200 g/mol. The molecule has 84 valence electrons. The van der Waals surface area contributed by atoms with Crippen molar-refractivity contribution >= 4 is 0 Å². The minimum Gasteiger partial charge on any atom is -0.389 e. The zero-order chi connectivity index (χ0) is 10.8. The molecule has 1 aliphatic heterocycles. The Hall–Kier alpha value is -0.0800. The molecule has 1 aliphatic rings. The van der Waals surface area contributed by atoms with E-state index >= 15 is 0 Å². The number of aliphatic hydroxyl groups is 1. The molecule has 0 spiro atoms. The van der Waals surface area contributed by atoms with Crippen LogP contribution in [0.2, 0.25) is 0 Å². The van der Waals surface area contributed by atoms with Crippen LogP contribution in [0.4, 0.5) is 0 Å². The Morgan fingerprint density at radius 2 is 2.07 bits per heavy atom. The molecule has 3 unspecified atom stereocenters. The maximum absolute atomic E-state index is 10.5. The standard InChI is InChI=1S/C12H24O2/c1-5-11-8-12(13,6-7-14-11)10(4)9(2)3/h9-11,13H,5-8H2,1-4H3. The second-order valence-corrected chi connectivity index (χ2v) is 4.99. The van der Waals surface area contributed by atoms with Crippen molar-refractivity contribution in [1.82, 2.24) is 0 Å². The van der Waals surface area contributed by atoms with Crippen molar-refractivity contribution in [2.75, 3.05) is 6.61 Å². The first-order valence-electron chi connectivity index (χ1n) is 5.83. The predicted octanol–water partition coefficient (Wildman–Crippen LogP) is 2.60. The maximum Gasteiger partial charge on any atom is 0.0722 e. The third-order valence-corrected chi connectivity index (χ3v) is 3.77. The Bertz CT molecular complexity index is 179. The molecule has 1 rings (SSSR count). The molecule has 1 N–H and O–H groups in total. The van der Waals surface area contributed by atoms with E-state index in [0.29, 0.717) is 18.4 Å². The summed E-state index contributed by atoms with van der Waals surface area (Å²) in [6.07, 6.45) is 2.87. The smallest absolute Gasteiger partial charge is 0.0722 e. The van der Waals surface area contributed by atoms with Crippen molar-refractivity contribution < 1.29 is 9.84 Å². The Balaban J connectivity index is 2.63. The fraction of sp³-hybridized carbons (Fsp3) is 1.00. The summed E-state index contributed by atoms with van der Waals surface area (Å²) in [4.78, 5) is 0. The Morgan fingerprint density at radius 3 is 2.57 bits per heavy atom. The summed E-state index contributed by atoms with van der Waals surface area (Å²) in [6.45, 7) is 9.35. The normalized spacial score (nSPS) is 36.0. The van der Waals surface area contributed by atoms with Gasteiger partial charge >= 0.3 is 0 Å². The largest absolute Gasteiger partial charge is 0.389 e. The van der Waals surface area contributed by atoms with Crippen LogP contribution in [0, 0.1) is 11.8 Å². The van der Waals surface area contributed by atoms with Gasteiger partial charge in [-0.25, -0.2) is 0 Å². The molecular formula is C12H24O2. The van der Waals surface area contributed by atoms with Crippen LogP contribution < -0.4 is 0 Å². The fourth-order valence-electron chi connectivity index (χ4n) is 2.25. The van der Waals surface area contributed by atoms with Gasteiger partial charge in [-0.1, -0.05) is 27.7 Å². The zero-order valence-electron chi connectivity index (χ0n) is 9.92. The molecule has 14 heavy (non-hydrogen) atoms. The van der Waals surface area contributed by atoms with Gasteiger partial charge < -0.3 is 9.84 Å². The highest BCUT2D eigenvalue weighted by molar-refractivity contribution is 4.90. The molecule has 2 nitrogen and oxygen atoms in total. The molecule has 0 aliphatic carbocycles. The third-order valence-electron chi connectivity index (χ3n) is 3.77. The first kappa shape index (κ1) is 12.0. The highest BCUT2D eigenvalue weighted by Crippen LogP contribution is 2.36. The van der Waals surface area contributed by atoms with Crippen molar-refractivity contribution in [1.29, 1.82) is 0 Å². The van der Waals surface area contributed by atoms with E-state index in [1.807, 2.05) is 0 Å². The minimum atomic E-state index is -0.493. The summed E-state index contributed by atoms with van der Waals surface area (Å²) in [5, 5.41) is 10.5. The van der Waals surface area contributed by atoms with Crippen LogP contribution in [0.25, 0.3) is 0 Å². The molecule has 1 heterocycles. The van der Waals surface area contributed by atoms with E-state index in [1.54, 1.807) is 0 Å². The van der Waals surface area contributed by atoms with Gasteiger partial charge in [-0.15, -0.1) is 0 Å². The highest BCUT2D eigenvalue weighted by Gasteiger charge is 2.40. The summed E-state index contributed by atoms with van der Waals surface area (Å²) in [5.74, 6) is 0.899. The van der Waals surface area contributed by atoms with Gasteiger partial charge in [0.25, 0.3) is 0 Å². The van der Waals surface area contributed by atoms with Gasteiger partial charge in [0.2, 0.25) is 0 Å². The Kier molecular flexibility index (Phi) is 3.96. The predicted molar refractivity (Wildman–Crippen MR) is 58.2 cm³/mol. The summed E-state index contributed by atoms with van der Waals surface area (Å²) < 4.78 is 5.59. The van der Waals surface area contributed by atoms with Gasteiger partial charge in [0.1, 0.15) is 0 Å². The lowest BCUT2D eigenvalue weighted by Crippen LogP contribution is -2.47. The van der Waals surface area contributed by atoms with E-state index in [9.17, 15) is 5.11 Å². The molecule has 0 bridgehead atoms. The first-order valence-corrected chi connectivity index (χ1v) is 5.83. The summed E-state index contributed by atoms with van der Waals surface area (Å²) >= 11 is 0. The topological polar surface area (TPSA) is 29.5 Å². The lowest BCUT2D eigenvalue weighted by molar-refractivity contribution is -0.136. The average Bonchev–Trinajstić information content (AvgIpc) is 2.16. The SMILES string of the molecule is CCC1CC(O)(C(C)C(C)C)CCO1. The van der Waals surface area contributed by atoms with E-state index in [1.165, 1.54) is 0 Å². The van der Waals surface area contributed by atoms with Crippen LogP contribution in [-0.2, 0) is 4.74 Å². The molecule has 2 heteroatoms. The second-order valence-electron chi connectivity index (χ2n) is 4.99. The van der Waals surface area contributed by atoms with Crippen LogP contribution >= 0.6 is 0 Å². The van der Waals surface area contributed by atoms with E-state index in [4.69, 9.17) is 4.74 Å². The molecule has 3 atom stereocenters. The van der Waals surface area contributed by atoms with Crippen LogP contribution in [0.1, 0.15) is 47.0 Å². The molecular weight excluding hydrogens is 176 g/mol. The van der Waals surface area contributed by atoms with Crippen molar-refractivity contribution in [3.8, 4) is 0 Å². The van der Waals surface area contributed by atoms with Gasteiger partial charge in [0, 0.05) is 13.0 Å². The van der Waals surface area contributed by atoms with E-state index in [-0.39, 0.29) is 6.10 Å². The quantitative estimate of drug-likeness (QED) is 0.759. The molecule has 0 radical (unpaired) electrons. The van der Waals surface area contributed by atoms with Crippen LogP contribution in [0.15, 0.2) is 0 Å². The van der Waals surface area contributed by atoms with Gasteiger partial charge in [0.05, 0.1) is 11.7 Å². The number of hydrogen-bond acceptors (Lipinski definition) is 2. The summed E-state index contributed by atoms with van der Waals surface area (Å²) in [5.41, 5.74) is -0.493. The molecule has 0 amide bonds. The van der Waals surface area contributed by atoms with Gasteiger partial charge in [-0.05, 0) is 24.7 Å². The second kappa shape index (κ2) is 4.63. The van der Waals surface area contributed by atoms with Crippen LogP contribution in [0.3, 0.4) is 0 Å². The fourth-order valence-corrected chi connectivity index (χ4v) is 2.25. The molecule has 0 aromatic rings. The first-order chi connectivity index (χ1) is 6.49. The molecule has 1 saturated heterocycles. The molecule has 0 saturated carbocycles. The Labute approximate surface area is 87.7 Å². The average molecular weight is 200 g/mol. The number of rotatable bonds is 3. The van der Waals surface area contributed by atoms with Gasteiger partial charge in [-0.3, -0.25) is 0 Å². The highest BCUT2D eigenvalue weighted by atomic mass is 16.5. The zero-order valence-corrected chi connectivity index (χ0v) is 9.92. The third kappa shape index (κ3) is 2.48. The van der Waals surface area contributed by atoms with Crippen molar-refractivity contribution in [2.24, 2.45) is 11.8 Å². The minimum absolute atomic E-state index is 0.259.